The van der Waals surface area contributed by atoms with E-state index in [1.165, 1.54) is 19.3 Å². The van der Waals surface area contributed by atoms with E-state index < -0.39 is 0 Å². The van der Waals surface area contributed by atoms with E-state index in [1.807, 2.05) is 0 Å². The van der Waals surface area contributed by atoms with E-state index in [9.17, 15) is 9.59 Å². The standard InChI is InChI=1S/C11H8O3/c1-7(12)8-2-3-11-9(6-8)10(13)4-5-14-11/h2-6H,1H3. The summed E-state index contributed by atoms with van der Waals surface area (Å²) in [6.07, 6.45) is 1.35. The summed E-state index contributed by atoms with van der Waals surface area (Å²) >= 11 is 0. The van der Waals surface area contributed by atoms with E-state index >= 15 is 0 Å². The number of hydrogen-bond donors (Lipinski definition) is 0. The van der Waals surface area contributed by atoms with Crippen LogP contribution in [0.4, 0.5) is 0 Å². The van der Waals surface area contributed by atoms with Crippen LogP contribution in [0.1, 0.15) is 17.3 Å². The third-order valence-corrected chi connectivity index (χ3v) is 2.07. The highest BCUT2D eigenvalue weighted by Crippen LogP contribution is 2.12. The number of rotatable bonds is 1. The first-order valence-corrected chi connectivity index (χ1v) is 4.21. The van der Waals surface area contributed by atoms with Crippen LogP contribution in [-0.4, -0.2) is 5.78 Å². The lowest BCUT2D eigenvalue weighted by atomic mass is 10.1. The molecule has 1 aromatic heterocycles. The Morgan fingerprint density at radius 3 is 2.79 bits per heavy atom. The van der Waals surface area contributed by atoms with Gasteiger partial charge in [0.25, 0.3) is 0 Å². The summed E-state index contributed by atoms with van der Waals surface area (Å²) in [5.41, 5.74) is 0.896. The molecule has 2 aromatic rings. The monoisotopic (exact) mass is 188 g/mol. The molecular formula is C11H8O3. The molecule has 0 aliphatic heterocycles. The van der Waals surface area contributed by atoms with Crippen molar-refractivity contribution in [1.29, 1.82) is 0 Å². The zero-order chi connectivity index (χ0) is 10.1. The molecule has 0 spiro atoms. The zero-order valence-corrected chi connectivity index (χ0v) is 7.61. The van der Waals surface area contributed by atoms with E-state index in [-0.39, 0.29) is 11.2 Å². The maximum Gasteiger partial charge on any atom is 0.192 e. The maximum atomic E-state index is 11.4. The Bertz CT molecular complexity index is 552. The number of hydrogen-bond acceptors (Lipinski definition) is 3. The van der Waals surface area contributed by atoms with Crippen molar-refractivity contribution in [3.05, 3.63) is 46.3 Å². The Morgan fingerprint density at radius 2 is 2.07 bits per heavy atom. The molecule has 0 saturated heterocycles. The number of carbonyl (C=O) groups is 1. The highest BCUT2D eigenvalue weighted by molar-refractivity contribution is 5.97. The Labute approximate surface area is 80.0 Å². The summed E-state index contributed by atoms with van der Waals surface area (Å²) in [4.78, 5) is 22.4. The van der Waals surface area contributed by atoms with Gasteiger partial charge in [0.1, 0.15) is 5.58 Å². The van der Waals surface area contributed by atoms with Crippen LogP contribution in [0.2, 0.25) is 0 Å². The molecule has 0 aliphatic carbocycles. The van der Waals surface area contributed by atoms with Crippen molar-refractivity contribution in [3.63, 3.8) is 0 Å². The summed E-state index contributed by atoms with van der Waals surface area (Å²) in [6, 6.07) is 6.18. The van der Waals surface area contributed by atoms with Crippen molar-refractivity contribution in [2.75, 3.05) is 0 Å². The molecule has 0 amide bonds. The number of benzene rings is 1. The average Bonchev–Trinajstić information content (AvgIpc) is 2.18. The third-order valence-electron chi connectivity index (χ3n) is 2.07. The van der Waals surface area contributed by atoms with Crippen molar-refractivity contribution >= 4 is 16.8 Å². The Balaban J connectivity index is 2.83. The van der Waals surface area contributed by atoms with Gasteiger partial charge in [-0.15, -0.1) is 0 Å². The molecule has 0 bridgehead atoms. The fourth-order valence-electron chi connectivity index (χ4n) is 1.30. The molecule has 0 aliphatic rings. The minimum Gasteiger partial charge on any atom is -0.464 e. The van der Waals surface area contributed by atoms with Gasteiger partial charge >= 0.3 is 0 Å². The van der Waals surface area contributed by atoms with Crippen molar-refractivity contribution in [2.45, 2.75) is 6.92 Å². The van der Waals surface area contributed by atoms with Crippen molar-refractivity contribution in [2.24, 2.45) is 0 Å². The van der Waals surface area contributed by atoms with Crippen LogP contribution in [0.15, 0.2) is 39.7 Å². The smallest absolute Gasteiger partial charge is 0.192 e. The quantitative estimate of drug-likeness (QED) is 0.643. The predicted molar refractivity (Wildman–Crippen MR) is 52.5 cm³/mol. The van der Waals surface area contributed by atoms with E-state index in [2.05, 4.69) is 0 Å². The fourth-order valence-corrected chi connectivity index (χ4v) is 1.30. The largest absolute Gasteiger partial charge is 0.464 e. The second-order valence-corrected chi connectivity index (χ2v) is 3.05. The lowest BCUT2D eigenvalue weighted by Gasteiger charge is -1.97. The van der Waals surface area contributed by atoms with Crippen LogP contribution in [0.5, 0.6) is 0 Å². The first-order chi connectivity index (χ1) is 6.68. The Hall–Kier alpha value is -1.90. The number of fused-ring (bicyclic) bond motifs is 1. The highest BCUT2D eigenvalue weighted by Gasteiger charge is 2.03. The van der Waals surface area contributed by atoms with E-state index in [0.29, 0.717) is 16.5 Å². The lowest BCUT2D eigenvalue weighted by Crippen LogP contribution is -2.00. The minimum atomic E-state index is -0.130. The van der Waals surface area contributed by atoms with Gasteiger partial charge < -0.3 is 4.42 Å². The average molecular weight is 188 g/mol. The van der Waals surface area contributed by atoms with E-state index in [0.717, 1.165) is 0 Å². The van der Waals surface area contributed by atoms with Gasteiger partial charge in [-0.2, -0.15) is 0 Å². The van der Waals surface area contributed by atoms with Crippen molar-refractivity contribution < 1.29 is 9.21 Å². The summed E-state index contributed by atoms with van der Waals surface area (Å²) in [5.74, 6) is -0.0600. The molecule has 70 valence electrons. The summed E-state index contributed by atoms with van der Waals surface area (Å²) in [7, 11) is 0. The number of ketones is 1. The Morgan fingerprint density at radius 1 is 1.29 bits per heavy atom. The number of carbonyl (C=O) groups excluding carboxylic acids is 1. The van der Waals surface area contributed by atoms with Crippen LogP contribution in [-0.2, 0) is 0 Å². The second-order valence-electron chi connectivity index (χ2n) is 3.05. The summed E-state index contributed by atoms with van der Waals surface area (Å²) < 4.78 is 5.12. The second kappa shape index (κ2) is 3.10. The van der Waals surface area contributed by atoms with Crippen LogP contribution >= 0.6 is 0 Å². The topological polar surface area (TPSA) is 47.3 Å². The van der Waals surface area contributed by atoms with Crippen molar-refractivity contribution in [1.82, 2.24) is 0 Å². The minimum absolute atomic E-state index is 0.0600. The molecular weight excluding hydrogens is 180 g/mol. The third kappa shape index (κ3) is 1.33. The van der Waals surface area contributed by atoms with Gasteiger partial charge in [-0.1, -0.05) is 0 Å². The van der Waals surface area contributed by atoms with Gasteiger partial charge in [0.05, 0.1) is 11.6 Å². The molecule has 3 heteroatoms. The first-order valence-electron chi connectivity index (χ1n) is 4.21. The van der Waals surface area contributed by atoms with Gasteiger partial charge in [-0.05, 0) is 25.1 Å². The normalized spacial score (nSPS) is 10.4. The van der Waals surface area contributed by atoms with Gasteiger partial charge in [0.2, 0.25) is 0 Å². The summed E-state index contributed by atoms with van der Waals surface area (Å²) in [6.45, 7) is 1.46. The lowest BCUT2D eigenvalue weighted by molar-refractivity contribution is 0.101. The van der Waals surface area contributed by atoms with Crippen LogP contribution < -0.4 is 5.43 Å². The van der Waals surface area contributed by atoms with Gasteiger partial charge in [-0.25, -0.2) is 0 Å². The molecule has 14 heavy (non-hydrogen) atoms. The van der Waals surface area contributed by atoms with Gasteiger partial charge in [0.15, 0.2) is 11.2 Å². The van der Waals surface area contributed by atoms with Crippen LogP contribution in [0.3, 0.4) is 0 Å². The molecule has 1 aromatic carbocycles. The highest BCUT2D eigenvalue weighted by atomic mass is 16.3. The predicted octanol–water partition coefficient (Wildman–Crippen LogP) is 2.00. The number of Topliss-reactive ketones (excluding diaryl/α,β-unsaturated/α-hetero) is 1. The van der Waals surface area contributed by atoms with E-state index in [1.54, 1.807) is 18.2 Å². The molecule has 0 radical (unpaired) electrons. The molecule has 2 rings (SSSR count). The SMILES string of the molecule is CC(=O)c1ccc2occc(=O)c2c1. The Kier molecular flexibility index (Phi) is 1.93. The molecule has 0 saturated carbocycles. The molecule has 0 atom stereocenters. The zero-order valence-electron chi connectivity index (χ0n) is 7.61. The van der Waals surface area contributed by atoms with Gasteiger partial charge in [0, 0.05) is 11.6 Å². The van der Waals surface area contributed by atoms with Gasteiger partial charge in [-0.3, -0.25) is 9.59 Å². The molecule has 1 heterocycles. The fraction of sp³-hybridized carbons (Fsp3) is 0.0909. The first kappa shape index (κ1) is 8.69. The molecule has 0 N–H and O–H groups in total. The van der Waals surface area contributed by atoms with Crippen LogP contribution in [0, 0.1) is 0 Å². The molecule has 0 fully saturated rings. The maximum absolute atomic E-state index is 11.4. The van der Waals surface area contributed by atoms with Crippen molar-refractivity contribution in [3.8, 4) is 0 Å². The van der Waals surface area contributed by atoms with E-state index in [4.69, 9.17) is 4.42 Å². The summed E-state index contributed by atoms with van der Waals surface area (Å²) in [5, 5.41) is 0.445. The molecule has 0 unspecified atom stereocenters. The van der Waals surface area contributed by atoms with Crippen LogP contribution in [0.25, 0.3) is 11.0 Å². The molecule has 3 nitrogen and oxygen atoms in total.